The Morgan fingerprint density at radius 2 is 1.85 bits per heavy atom. The number of nitrogens with zero attached hydrogens (tertiary/aromatic N) is 5. The molecular weight excluding hydrogens is 542 g/mol. The van der Waals surface area contributed by atoms with E-state index in [2.05, 4.69) is 34.0 Å². The molecule has 1 unspecified atom stereocenters. The number of aliphatic hydroxyl groups excluding tert-OH is 1. The predicted molar refractivity (Wildman–Crippen MR) is 156 cm³/mol. The van der Waals surface area contributed by atoms with E-state index in [1.807, 2.05) is 36.4 Å². The number of aromatic nitrogens is 4. The Labute approximate surface area is 239 Å². The van der Waals surface area contributed by atoms with E-state index in [1.54, 1.807) is 13.1 Å². The van der Waals surface area contributed by atoms with Crippen LogP contribution in [-0.2, 0) is 21.0 Å². The van der Waals surface area contributed by atoms with Crippen LogP contribution in [0.1, 0.15) is 35.6 Å². The van der Waals surface area contributed by atoms with E-state index >= 15 is 0 Å². The number of ether oxygens (including phenoxy) is 1. The molecule has 0 aliphatic carbocycles. The van der Waals surface area contributed by atoms with Crippen molar-refractivity contribution in [3.05, 3.63) is 71.8 Å². The zero-order chi connectivity index (χ0) is 29.1. The van der Waals surface area contributed by atoms with Crippen LogP contribution in [0.3, 0.4) is 0 Å². The zero-order valence-electron chi connectivity index (χ0n) is 23.2. The Balaban J connectivity index is 1.33. The number of aliphatic hydroxyl groups is 1. The second-order valence-electron chi connectivity index (χ2n) is 10.2. The molecule has 0 aromatic carbocycles. The molecule has 11 nitrogen and oxygen atoms in total. The number of hydrogen-bond donors (Lipinski definition) is 3. The van der Waals surface area contributed by atoms with Crippen molar-refractivity contribution >= 4 is 32.4 Å². The van der Waals surface area contributed by atoms with Gasteiger partial charge in [-0.25, -0.2) is 19.0 Å². The number of nitrogens with one attached hydrogen (secondary N) is 2. The molecular formula is C29H33N7O4S. The van der Waals surface area contributed by atoms with Gasteiger partial charge in [0.15, 0.2) is 0 Å². The number of anilines is 1. The highest BCUT2D eigenvalue weighted by Gasteiger charge is 2.23. The molecule has 5 heterocycles. The number of amides is 1. The number of hydrogen-bond acceptors (Lipinski definition) is 10. The summed E-state index contributed by atoms with van der Waals surface area (Å²) in [6.45, 7) is 7.05. The van der Waals surface area contributed by atoms with Crippen molar-refractivity contribution in [2.75, 3.05) is 30.3 Å². The lowest BCUT2D eigenvalue weighted by molar-refractivity contribution is -0.00545. The lowest BCUT2D eigenvalue weighted by Gasteiger charge is -2.36. The highest BCUT2D eigenvalue weighted by molar-refractivity contribution is 7.92. The van der Waals surface area contributed by atoms with Gasteiger partial charge in [-0.1, -0.05) is 6.07 Å². The fourth-order valence-corrected chi connectivity index (χ4v) is 6.21. The second-order valence-corrected chi connectivity index (χ2v) is 12.4. The van der Waals surface area contributed by atoms with E-state index in [1.165, 1.54) is 12.3 Å². The maximum atomic E-state index is 12.9. The third-order valence-corrected chi connectivity index (χ3v) is 8.72. The summed E-state index contributed by atoms with van der Waals surface area (Å²) in [6.07, 6.45) is 3.35. The van der Waals surface area contributed by atoms with Gasteiger partial charge in [-0.05, 0) is 57.2 Å². The minimum absolute atomic E-state index is 0.129. The summed E-state index contributed by atoms with van der Waals surface area (Å²) in [6, 6.07) is 13.0. The standard InChI is InChI=1S/C29H33N7O4S/c1-18-16-36(17-19(2)40-18)28-6-4-5-24(35-28)25-8-7-21-13-32-23(12-26(21)34-25)15-33-29(38)22-11-27(20(3)31-14-22)41(30,39)10-9-37/h4-8,11-14,18-19,30,37H,9-10,15-17H2,1-3H3,(H,33,38)/t18-,19+,41?. The van der Waals surface area contributed by atoms with Crippen molar-refractivity contribution in [3.8, 4) is 11.4 Å². The fraction of sp³-hybridized carbons (Fsp3) is 0.345. The van der Waals surface area contributed by atoms with Gasteiger partial charge >= 0.3 is 0 Å². The monoisotopic (exact) mass is 575 g/mol. The molecule has 1 aliphatic heterocycles. The number of rotatable bonds is 8. The average molecular weight is 576 g/mol. The number of aryl methyl sites for hydroxylation is 1. The van der Waals surface area contributed by atoms with E-state index in [0.717, 1.165) is 41.2 Å². The molecule has 0 spiro atoms. The van der Waals surface area contributed by atoms with E-state index < -0.39 is 22.2 Å². The van der Waals surface area contributed by atoms with Gasteiger partial charge in [-0.2, -0.15) is 0 Å². The molecule has 5 rings (SSSR count). The molecule has 4 aromatic rings. The molecule has 0 saturated carbocycles. The van der Waals surface area contributed by atoms with Crippen LogP contribution in [0.4, 0.5) is 5.82 Å². The molecule has 1 amide bonds. The van der Waals surface area contributed by atoms with E-state index in [0.29, 0.717) is 11.4 Å². The van der Waals surface area contributed by atoms with Gasteiger partial charge in [-0.3, -0.25) is 14.8 Å². The number of carbonyl (C=O) groups excluding carboxylic acids is 1. The van der Waals surface area contributed by atoms with E-state index in [9.17, 15) is 9.00 Å². The van der Waals surface area contributed by atoms with Crippen LogP contribution in [0.25, 0.3) is 22.3 Å². The van der Waals surface area contributed by atoms with E-state index in [-0.39, 0.29) is 35.0 Å². The minimum atomic E-state index is -3.26. The molecule has 4 aromatic heterocycles. The summed E-state index contributed by atoms with van der Waals surface area (Å²) in [5.74, 6) is 0.229. The summed E-state index contributed by atoms with van der Waals surface area (Å²) in [7, 11) is -3.26. The predicted octanol–water partition coefficient (Wildman–Crippen LogP) is 3.34. The number of carbonyl (C=O) groups is 1. The third kappa shape index (κ3) is 6.50. The van der Waals surface area contributed by atoms with Crippen LogP contribution in [-0.4, -0.2) is 72.8 Å². The summed E-state index contributed by atoms with van der Waals surface area (Å²) in [4.78, 5) is 33.5. The lowest BCUT2D eigenvalue weighted by atomic mass is 10.1. The summed E-state index contributed by atoms with van der Waals surface area (Å²) < 4.78 is 26.6. The molecule has 41 heavy (non-hydrogen) atoms. The number of morpholine rings is 1. The van der Waals surface area contributed by atoms with Gasteiger partial charge in [0, 0.05) is 30.9 Å². The smallest absolute Gasteiger partial charge is 0.253 e. The Bertz CT molecular complexity index is 1690. The van der Waals surface area contributed by atoms with Gasteiger partial charge in [-0.15, -0.1) is 0 Å². The molecule has 0 bridgehead atoms. The quantitative estimate of drug-likeness (QED) is 0.287. The fourth-order valence-electron chi connectivity index (χ4n) is 4.89. The first-order valence-corrected chi connectivity index (χ1v) is 15.1. The van der Waals surface area contributed by atoms with Crippen LogP contribution in [0.15, 0.2) is 59.8 Å². The summed E-state index contributed by atoms with van der Waals surface area (Å²) in [5.41, 5.74) is 3.40. The van der Waals surface area contributed by atoms with Crippen molar-refractivity contribution in [1.82, 2.24) is 25.3 Å². The molecule has 1 aliphatic rings. The van der Waals surface area contributed by atoms with Crippen LogP contribution in [0, 0.1) is 11.7 Å². The Hall–Kier alpha value is -4.00. The largest absolute Gasteiger partial charge is 0.395 e. The Morgan fingerprint density at radius 1 is 1.10 bits per heavy atom. The van der Waals surface area contributed by atoms with Gasteiger partial charge in [0.05, 0.1) is 79.6 Å². The normalized spacial score (nSPS) is 18.7. The molecule has 0 radical (unpaired) electrons. The van der Waals surface area contributed by atoms with Crippen LogP contribution in [0.5, 0.6) is 0 Å². The van der Waals surface area contributed by atoms with Crippen molar-refractivity contribution in [3.63, 3.8) is 0 Å². The SMILES string of the molecule is Cc1ncc(C(=O)NCc2cc3nc(-c4cccc(N5C[C@@H](C)O[C@@H](C)C5)n4)ccc3cn2)cc1S(=N)(=O)CCO. The average Bonchev–Trinajstić information content (AvgIpc) is 2.95. The first kappa shape index (κ1) is 28.5. The Morgan fingerprint density at radius 3 is 2.61 bits per heavy atom. The molecule has 3 atom stereocenters. The second kappa shape index (κ2) is 11.9. The van der Waals surface area contributed by atoms with Gasteiger partial charge in [0.25, 0.3) is 5.91 Å². The van der Waals surface area contributed by atoms with Crippen molar-refractivity contribution in [1.29, 1.82) is 4.78 Å². The third-order valence-electron chi connectivity index (χ3n) is 6.84. The molecule has 214 valence electrons. The molecule has 12 heteroatoms. The van der Waals surface area contributed by atoms with Crippen molar-refractivity contribution < 1.29 is 18.8 Å². The maximum absolute atomic E-state index is 12.9. The molecule has 1 fully saturated rings. The van der Waals surface area contributed by atoms with Gasteiger partial charge in [0.2, 0.25) is 0 Å². The zero-order valence-corrected chi connectivity index (χ0v) is 24.0. The first-order valence-electron chi connectivity index (χ1n) is 13.4. The maximum Gasteiger partial charge on any atom is 0.253 e. The summed E-state index contributed by atoms with van der Waals surface area (Å²) >= 11 is 0. The minimum Gasteiger partial charge on any atom is -0.395 e. The number of pyridine rings is 4. The van der Waals surface area contributed by atoms with E-state index in [4.69, 9.17) is 24.6 Å². The van der Waals surface area contributed by atoms with Crippen LogP contribution < -0.4 is 10.2 Å². The van der Waals surface area contributed by atoms with Gasteiger partial charge < -0.3 is 20.1 Å². The molecule has 3 N–H and O–H groups in total. The topological polar surface area (TPSA) is 154 Å². The number of fused-ring (bicyclic) bond motifs is 1. The van der Waals surface area contributed by atoms with Crippen LogP contribution >= 0.6 is 0 Å². The van der Waals surface area contributed by atoms with Gasteiger partial charge in [0.1, 0.15) is 5.82 Å². The molecule has 1 saturated heterocycles. The van der Waals surface area contributed by atoms with Crippen molar-refractivity contribution in [2.24, 2.45) is 0 Å². The summed E-state index contributed by atoms with van der Waals surface area (Å²) in [5, 5.41) is 12.8. The lowest BCUT2D eigenvalue weighted by Crippen LogP contribution is -2.45. The highest BCUT2D eigenvalue weighted by Crippen LogP contribution is 2.24. The van der Waals surface area contributed by atoms with Crippen molar-refractivity contribution in [2.45, 2.75) is 44.4 Å². The highest BCUT2D eigenvalue weighted by atomic mass is 32.2. The van der Waals surface area contributed by atoms with Crippen LogP contribution in [0.2, 0.25) is 0 Å². The Kier molecular flexibility index (Phi) is 8.25. The first-order chi connectivity index (χ1) is 19.6.